The molecule has 3 heteroatoms. The molecule has 0 heterocycles. The van der Waals surface area contributed by atoms with Crippen LogP contribution in [0.25, 0.3) is 0 Å². The van der Waals surface area contributed by atoms with Crippen LogP contribution in [0.3, 0.4) is 0 Å². The Morgan fingerprint density at radius 1 is 1.18 bits per heavy atom. The lowest BCUT2D eigenvalue weighted by Gasteiger charge is -2.19. The Kier molecular flexibility index (Phi) is 4.44. The normalized spacial score (nSPS) is 13.9. The average Bonchev–Trinajstić information content (AvgIpc) is 2.29. The van der Waals surface area contributed by atoms with Crippen molar-refractivity contribution in [2.75, 3.05) is 7.11 Å². The number of hydrogen-bond donors (Lipinski definition) is 0. The molecule has 3 nitrogen and oxygen atoms in total. The van der Waals surface area contributed by atoms with E-state index in [4.69, 9.17) is 0 Å². The largest absolute Gasteiger partial charge is 0.468 e. The van der Waals surface area contributed by atoms with Gasteiger partial charge in [-0.3, -0.25) is 9.59 Å². The van der Waals surface area contributed by atoms with Gasteiger partial charge < -0.3 is 4.74 Å². The number of rotatable bonds is 4. The standard InChI is InChI=1S/C14H18O3/c1-9-5-7-12(8-6-9)10(2)13(11(3)15)14(16)17-4/h5-8,10,13H,1-4H3. The van der Waals surface area contributed by atoms with Gasteiger partial charge in [0, 0.05) is 5.92 Å². The molecule has 0 saturated heterocycles. The van der Waals surface area contributed by atoms with Gasteiger partial charge in [0.15, 0.2) is 0 Å². The summed E-state index contributed by atoms with van der Waals surface area (Å²) in [5.41, 5.74) is 2.12. The predicted octanol–water partition coefficient (Wildman–Crippen LogP) is 2.48. The minimum absolute atomic E-state index is 0.162. The third-order valence-electron chi connectivity index (χ3n) is 3.00. The molecule has 0 radical (unpaired) electrons. The fourth-order valence-electron chi connectivity index (χ4n) is 1.91. The van der Waals surface area contributed by atoms with Gasteiger partial charge >= 0.3 is 5.97 Å². The molecule has 1 aromatic carbocycles. The Morgan fingerprint density at radius 2 is 1.71 bits per heavy atom. The van der Waals surface area contributed by atoms with Crippen molar-refractivity contribution >= 4 is 11.8 Å². The molecule has 1 rings (SSSR count). The summed E-state index contributed by atoms with van der Waals surface area (Å²) in [5, 5.41) is 0. The third-order valence-corrected chi connectivity index (χ3v) is 3.00. The molecule has 0 aliphatic heterocycles. The first-order chi connectivity index (χ1) is 7.97. The SMILES string of the molecule is COC(=O)C(C(C)=O)C(C)c1ccc(C)cc1. The summed E-state index contributed by atoms with van der Waals surface area (Å²) >= 11 is 0. The second-order valence-corrected chi connectivity index (χ2v) is 4.31. The first-order valence-corrected chi connectivity index (χ1v) is 5.62. The smallest absolute Gasteiger partial charge is 0.316 e. The number of benzene rings is 1. The van der Waals surface area contributed by atoms with Crippen LogP contribution in [0, 0.1) is 12.8 Å². The molecule has 0 fully saturated rings. The van der Waals surface area contributed by atoms with Crippen molar-refractivity contribution in [3.63, 3.8) is 0 Å². The zero-order valence-corrected chi connectivity index (χ0v) is 10.7. The molecule has 0 N–H and O–H groups in total. The Morgan fingerprint density at radius 3 is 2.12 bits per heavy atom. The number of carbonyl (C=O) groups excluding carboxylic acids is 2. The van der Waals surface area contributed by atoms with Crippen LogP contribution in [-0.4, -0.2) is 18.9 Å². The molecule has 1 aromatic rings. The molecular weight excluding hydrogens is 216 g/mol. The molecule has 17 heavy (non-hydrogen) atoms. The number of hydrogen-bond acceptors (Lipinski definition) is 3. The van der Waals surface area contributed by atoms with Gasteiger partial charge in [0.05, 0.1) is 7.11 Å². The molecule has 2 unspecified atom stereocenters. The lowest BCUT2D eigenvalue weighted by molar-refractivity contribution is -0.149. The number of aryl methyl sites for hydroxylation is 1. The third kappa shape index (κ3) is 3.16. The van der Waals surface area contributed by atoms with E-state index < -0.39 is 11.9 Å². The minimum Gasteiger partial charge on any atom is -0.468 e. The van der Waals surface area contributed by atoms with Crippen molar-refractivity contribution in [2.24, 2.45) is 5.92 Å². The second-order valence-electron chi connectivity index (χ2n) is 4.31. The van der Waals surface area contributed by atoms with Crippen molar-refractivity contribution in [3.05, 3.63) is 35.4 Å². The van der Waals surface area contributed by atoms with E-state index in [1.54, 1.807) is 0 Å². The van der Waals surface area contributed by atoms with Crippen LogP contribution in [0.2, 0.25) is 0 Å². The maximum Gasteiger partial charge on any atom is 0.316 e. The lowest BCUT2D eigenvalue weighted by atomic mass is 9.85. The van der Waals surface area contributed by atoms with Crippen LogP contribution in [-0.2, 0) is 14.3 Å². The first-order valence-electron chi connectivity index (χ1n) is 5.62. The molecule has 0 spiro atoms. The highest BCUT2D eigenvalue weighted by molar-refractivity contribution is 5.98. The molecule has 92 valence electrons. The van der Waals surface area contributed by atoms with E-state index in [-0.39, 0.29) is 11.7 Å². The fourth-order valence-corrected chi connectivity index (χ4v) is 1.91. The Balaban J connectivity index is 2.99. The van der Waals surface area contributed by atoms with E-state index in [1.807, 2.05) is 38.1 Å². The number of ketones is 1. The lowest BCUT2D eigenvalue weighted by Crippen LogP contribution is -2.28. The van der Waals surface area contributed by atoms with Gasteiger partial charge in [-0.1, -0.05) is 36.8 Å². The molecule has 0 amide bonds. The predicted molar refractivity (Wildman–Crippen MR) is 65.8 cm³/mol. The Labute approximate surface area is 102 Å². The van der Waals surface area contributed by atoms with Crippen LogP contribution in [0.1, 0.15) is 30.9 Å². The van der Waals surface area contributed by atoms with Crippen molar-refractivity contribution < 1.29 is 14.3 Å². The van der Waals surface area contributed by atoms with Gasteiger partial charge in [-0.25, -0.2) is 0 Å². The average molecular weight is 234 g/mol. The van der Waals surface area contributed by atoms with Crippen molar-refractivity contribution in [1.82, 2.24) is 0 Å². The summed E-state index contributed by atoms with van der Waals surface area (Å²) < 4.78 is 4.68. The van der Waals surface area contributed by atoms with E-state index in [1.165, 1.54) is 14.0 Å². The zero-order valence-electron chi connectivity index (χ0n) is 10.7. The molecule has 2 atom stereocenters. The molecule has 0 aliphatic rings. The number of ether oxygens (including phenoxy) is 1. The van der Waals surface area contributed by atoms with Gasteiger partial charge in [-0.2, -0.15) is 0 Å². The van der Waals surface area contributed by atoms with Crippen molar-refractivity contribution in [3.8, 4) is 0 Å². The summed E-state index contributed by atoms with van der Waals surface area (Å²) in [4.78, 5) is 23.1. The molecule has 0 bridgehead atoms. The van der Waals surface area contributed by atoms with Gasteiger partial charge in [0.2, 0.25) is 0 Å². The number of Topliss-reactive ketones (excluding diaryl/α,β-unsaturated/α-hetero) is 1. The highest BCUT2D eigenvalue weighted by Crippen LogP contribution is 2.26. The Hall–Kier alpha value is -1.64. The highest BCUT2D eigenvalue weighted by Gasteiger charge is 2.31. The van der Waals surface area contributed by atoms with E-state index in [0.717, 1.165) is 11.1 Å². The monoisotopic (exact) mass is 234 g/mol. The first kappa shape index (κ1) is 13.4. The molecule has 0 aromatic heterocycles. The fraction of sp³-hybridized carbons (Fsp3) is 0.429. The molecule has 0 saturated carbocycles. The summed E-state index contributed by atoms with van der Waals surface area (Å²) in [6.07, 6.45) is 0. The van der Waals surface area contributed by atoms with Gasteiger partial charge in [-0.05, 0) is 19.4 Å². The van der Waals surface area contributed by atoms with Gasteiger partial charge in [-0.15, -0.1) is 0 Å². The van der Waals surface area contributed by atoms with E-state index >= 15 is 0 Å². The number of esters is 1. The summed E-state index contributed by atoms with van der Waals surface area (Å²) in [7, 11) is 1.31. The minimum atomic E-state index is -0.720. The van der Waals surface area contributed by atoms with Crippen LogP contribution >= 0.6 is 0 Å². The Bertz CT molecular complexity index is 406. The van der Waals surface area contributed by atoms with E-state index in [0.29, 0.717) is 0 Å². The van der Waals surface area contributed by atoms with Gasteiger partial charge in [0.1, 0.15) is 11.7 Å². The highest BCUT2D eigenvalue weighted by atomic mass is 16.5. The van der Waals surface area contributed by atoms with Crippen molar-refractivity contribution in [1.29, 1.82) is 0 Å². The number of methoxy groups -OCH3 is 1. The summed E-state index contributed by atoms with van der Waals surface area (Å²) in [6, 6.07) is 7.83. The van der Waals surface area contributed by atoms with Gasteiger partial charge in [0.25, 0.3) is 0 Å². The van der Waals surface area contributed by atoms with Crippen LogP contribution in [0.15, 0.2) is 24.3 Å². The van der Waals surface area contributed by atoms with Crippen LogP contribution < -0.4 is 0 Å². The van der Waals surface area contributed by atoms with Crippen molar-refractivity contribution in [2.45, 2.75) is 26.7 Å². The van der Waals surface area contributed by atoms with Crippen LogP contribution in [0.4, 0.5) is 0 Å². The van der Waals surface area contributed by atoms with E-state index in [2.05, 4.69) is 4.74 Å². The molecule has 0 aliphatic carbocycles. The van der Waals surface area contributed by atoms with E-state index in [9.17, 15) is 9.59 Å². The number of carbonyl (C=O) groups is 2. The summed E-state index contributed by atoms with van der Waals surface area (Å²) in [6.45, 7) is 5.29. The molecular formula is C14H18O3. The zero-order chi connectivity index (χ0) is 13.0. The topological polar surface area (TPSA) is 43.4 Å². The second kappa shape index (κ2) is 5.62. The van der Waals surface area contributed by atoms with Crippen LogP contribution in [0.5, 0.6) is 0 Å². The quantitative estimate of drug-likeness (QED) is 0.593. The maximum absolute atomic E-state index is 11.6. The maximum atomic E-state index is 11.6. The summed E-state index contributed by atoms with van der Waals surface area (Å²) in [5.74, 6) is -1.52.